The summed E-state index contributed by atoms with van der Waals surface area (Å²) in [5.74, 6) is 0.953. The lowest BCUT2D eigenvalue weighted by molar-refractivity contribution is -0.384. The van der Waals surface area contributed by atoms with Crippen LogP contribution in [0.25, 0.3) is 11.6 Å². The molecule has 0 N–H and O–H groups in total. The third-order valence-electron chi connectivity index (χ3n) is 2.80. The molecule has 1 aromatic carbocycles. The summed E-state index contributed by atoms with van der Waals surface area (Å²) in [6.07, 6.45) is 1.66. The van der Waals surface area contributed by atoms with E-state index in [0.29, 0.717) is 22.6 Å². The third kappa shape index (κ3) is 3.29. The van der Waals surface area contributed by atoms with Crippen LogP contribution in [0.15, 0.2) is 58.3 Å². The van der Waals surface area contributed by atoms with Gasteiger partial charge in [0.15, 0.2) is 0 Å². The number of rotatable bonds is 5. The number of nitro groups is 1. The highest BCUT2D eigenvalue weighted by atomic mass is 32.2. The maximum Gasteiger partial charge on any atom is 0.277 e. The Hall–Kier alpha value is -2.74. The number of nitrogens with zero attached hydrogens (tertiary/aromatic N) is 4. The summed E-state index contributed by atoms with van der Waals surface area (Å²) in [7, 11) is 0. The van der Waals surface area contributed by atoms with Gasteiger partial charge in [-0.2, -0.15) is 0 Å². The van der Waals surface area contributed by atoms with Crippen molar-refractivity contribution in [1.82, 2.24) is 15.2 Å². The number of aromatic nitrogens is 3. The monoisotopic (exact) mass is 314 g/mol. The van der Waals surface area contributed by atoms with Gasteiger partial charge >= 0.3 is 0 Å². The Bertz CT molecular complexity index is 774. The first-order valence-corrected chi connectivity index (χ1v) is 7.32. The standard InChI is InChI=1S/C14H10N4O3S/c19-18(20)11-6-4-10(5-7-11)9-22-14-17-16-13(21-14)12-3-1-2-8-15-12/h1-8H,9H2. The van der Waals surface area contributed by atoms with Gasteiger partial charge in [-0.05, 0) is 17.7 Å². The lowest BCUT2D eigenvalue weighted by Crippen LogP contribution is -1.88. The molecule has 0 atom stereocenters. The molecule has 7 nitrogen and oxygen atoms in total. The highest BCUT2D eigenvalue weighted by molar-refractivity contribution is 7.98. The zero-order valence-corrected chi connectivity index (χ0v) is 12.1. The number of thioether (sulfide) groups is 1. The van der Waals surface area contributed by atoms with Crippen molar-refractivity contribution in [3.05, 3.63) is 64.3 Å². The minimum atomic E-state index is -0.423. The maximum absolute atomic E-state index is 10.6. The van der Waals surface area contributed by atoms with E-state index in [1.807, 2.05) is 12.1 Å². The fourth-order valence-electron chi connectivity index (χ4n) is 1.72. The molecule has 0 aliphatic carbocycles. The summed E-state index contributed by atoms with van der Waals surface area (Å²) in [5.41, 5.74) is 1.63. The molecule has 0 aliphatic heterocycles. The van der Waals surface area contributed by atoms with E-state index < -0.39 is 4.92 Å². The second-order valence-electron chi connectivity index (χ2n) is 4.30. The Kier molecular flexibility index (Phi) is 4.10. The van der Waals surface area contributed by atoms with Crippen molar-refractivity contribution in [3.8, 4) is 11.6 Å². The summed E-state index contributed by atoms with van der Waals surface area (Å²) < 4.78 is 5.52. The molecule has 0 amide bonds. The molecular weight excluding hydrogens is 304 g/mol. The smallest absolute Gasteiger partial charge is 0.277 e. The van der Waals surface area contributed by atoms with Crippen LogP contribution in [-0.4, -0.2) is 20.1 Å². The van der Waals surface area contributed by atoms with Crippen LogP contribution in [0.5, 0.6) is 0 Å². The lowest BCUT2D eigenvalue weighted by atomic mass is 10.2. The van der Waals surface area contributed by atoms with Gasteiger partial charge in [-0.3, -0.25) is 15.1 Å². The van der Waals surface area contributed by atoms with Crippen molar-refractivity contribution >= 4 is 17.4 Å². The van der Waals surface area contributed by atoms with Crippen LogP contribution in [0.3, 0.4) is 0 Å². The molecular formula is C14H10N4O3S. The SMILES string of the molecule is O=[N+]([O-])c1ccc(CSc2nnc(-c3ccccn3)o2)cc1. The minimum Gasteiger partial charge on any atom is -0.410 e. The van der Waals surface area contributed by atoms with Crippen LogP contribution in [-0.2, 0) is 5.75 Å². The summed E-state index contributed by atoms with van der Waals surface area (Å²) in [4.78, 5) is 14.3. The number of hydrogen-bond acceptors (Lipinski definition) is 7. The number of pyridine rings is 1. The fraction of sp³-hybridized carbons (Fsp3) is 0.0714. The normalized spacial score (nSPS) is 10.5. The Morgan fingerprint density at radius 1 is 1.14 bits per heavy atom. The largest absolute Gasteiger partial charge is 0.410 e. The first-order valence-electron chi connectivity index (χ1n) is 6.33. The first-order chi connectivity index (χ1) is 10.7. The van der Waals surface area contributed by atoms with E-state index >= 15 is 0 Å². The van der Waals surface area contributed by atoms with Gasteiger partial charge in [-0.15, -0.1) is 10.2 Å². The Morgan fingerprint density at radius 2 is 1.95 bits per heavy atom. The van der Waals surface area contributed by atoms with Crippen LogP contribution in [0.1, 0.15) is 5.56 Å². The average Bonchev–Trinajstić information content (AvgIpc) is 3.03. The van der Waals surface area contributed by atoms with Crippen molar-refractivity contribution in [2.24, 2.45) is 0 Å². The molecule has 0 spiro atoms. The van der Waals surface area contributed by atoms with E-state index in [1.165, 1.54) is 23.9 Å². The van der Waals surface area contributed by atoms with Crippen LogP contribution in [0.4, 0.5) is 5.69 Å². The average molecular weight is 314 g/mol. The van der Waals surface area contributed by atoms with Gasteiger partial charge in [0.2, 0.25) is 0 Å². The summed E-state index contributed by atoms with van der Waals surface area (Å²) in [6.45, 7) is 0. The predicted molar refractivity (Wildman–Crippen MR) is 80.2 cm³/mol. The maximum atomic E-state index is 10.6. The van der Waals surface area contributed by atoms with E-state index in [2.05, 4.69) is 15.2 Å². The molecule has 2 heterocycles. The van der Waals surface area contributed by atoms with Gasteiger partial charge in [0, 0.05) is 24.1 Å². The number of hydrogen-bond donors (Lipinski definition) is 0. The van der Waals surface area contributed by atoms with Gasteiger partial charge in [-0.25, -0.2) is 0 Å². The van der Waals surface area contributed by atoms with Crippen LogP contribution < -0.4 is 0 Å². The van der Waals surface area contributed by atoms with E-state index in [4.69, 9.17) is 4.42 Å². The molecule has 22 heavy (non-hydrogen) atoms. The Balaban J connectivity index is 1.65. The topological polar surface area (TPSA) is 95.0 Å². The van der Waals surface area contributed by atoms with Crippen LogP contribution >= 0.6 is 11.8 Å². The van der Waals surface area contributed by atoms with Gasteiger partial charge in [0.25, 0.3) is 16.8 Å². The molecule has 3 rings (SSSR count). The molecule has 8 heteroatoms. The number of nitro benzene ring substituents is 1. The van der Waals surface area contributed by atoms with Gasteiger partial charge in [0.05, 0.1) is 4.92 Å². The molecule has 110 valence electrons. The first kappa shape index (κ1) is 14.2. The number of benzene rings is 1. The highest BCUT2D eigenvalue weighted by Gasteiger charge is 2.10. The molecule has 0 saturated heterocycles. The summed E-state index contributed by atoms with van der Waals surface area (Å²) in [5, 5.41) is 18.9. The fourth-order valence-corrected chi connectivity index (χ4v) is 2.44. The molecule has 3 aromatic rings. The molecule has 0 fully saturated rings. The molecule has 0 saturated carbocycles. The zero-order chi connectivity index (χ0) is 15.4. The van der Waals surface area contributed by atoms with E-state index in [-0.39, 0.29) is 5.69 Å². The summed E-state index contributed by atoms with van der Waals surface area (Å²) in [6, 6.07) is 11.8. The Labute approximate surface area is 129 Å². The van der Waals surface area contributed by atoms with E-state index in [0.717, 1.165) is 5.56 Å². The van der Waals surface area contributed by atoms with Crippen molar-refractivity contribution < 1.29 is 9.34 Å². The van der Waals surface area contributed by atoms with E-state index in [1.54, 1.807) is 24.4 Å². The van der Waals surface area contributed by atoms with Crippen molar-refractivity contribution in [3.63, 3.8) is 0 Å². The minimum absolute atomic E-state index is 0.0731. The van der Waals surface area contributed by atoms with Crippen LogP contribution in [0.2, 0.25) is 0 Å². The second kappa shape index (κ2) is 6.35. The predicted octanol–water partition coefficient (Wildman–Crippen LogP) is 3.33. The Morgan fingerprint density at radius 3 is 2.64 bits per heavy atom. The molecule has 2 aromatic heterocycles. The van der Waals surface area contributed by atoms with E-state index in [9.17, 15) is 10.1 Å². The van der Waals surface area contributed by atoms with Crippen LogP contribution in [0, 0.1) is 10.1 Å². The third-order valence-corrected chi connectivity index (χ3v) is 3.69. The quantitative estimate of drug-likeness (QED) is 0.405. The van der Waals surface area contributed by atoms with Gasteiger partial charge in [-0.1, -0.05) is 30.0 Å². The summed E-state index contributed by atoms with van der Waals surface area (Å²) >= 11 is 1.37. The number of non-ortho nitro benzene ring substituents is 1. The van der Waals surface area contributed by atoms with Crippen molar-refractivity contribution in [2.75, 3.05) is 0 Å². The highest BCUT2D eigenvalue weighted by Crippen LogP contribution is 2.25. The van der Waals surface area contributed by atoms with Crippen molar-refractivity contribution in [2.45, 2.75) is 11.0 Å². The van der Waals surface area contributed by atoms with Gasteiger partial charge < -0.3 is 4.42 Å². The van der Waals surface area contributed by atoms with Crippen molar-refractivity contribution in [1.29, 1.82) is 0 Å². The zero-order valence-electron chi connectivity index (χ0n) is 11.2. The van der Waals surface area contributed by atoms with Gasteiger partial charge in [0.1, 0.15) is 5.69 Å². The molecule has 0 aliphatic rings. The lowest BCUT2D eigenvalue weighted by Gasteiger charge is -1.97. The second-order valence-corrected chi connectivity index (χ2v) is 5.23. The molecule has 0 unspecified atom stereocenters. The molecule has 0 bridgehead atoms. The molecule has 0 radical (unpaired) electrons.